The van der Waals surface area contributed by atoms with Gasteiger partial charge in [0.2, 0.25) is 0 Å². The molecule has 0 spiro atoms. The van der Waals surface area contributed by atoms with E-state index in [1.165, 1.54) is 16.7 Å². The van der Waals surface area contributed by atoms with Crippen LogP contribution in [0.3, 0.4) is 0 Å². The van der Waals surface area contributed by atoms with Crippen LogP contribution < -0.4 is 0 Å². The molecule has 25 heavy (non-hydrogen) atoms. The first-order chi connectivity index (χ1) is 12.0. The minimum atomic E-state index is 0.676. The molecular weight excluding hydrogens is 328 g/mol. The molecule has 0 saturated carbocycles. The number of hydrogen-bond acceptors (Lipinski definition) is 3. The molecule has 0 aliphatic heterocycles. The summed E-state index contributed by atoms with van der Waals surface area (Å²) in [5.74, 6) is 0.943. The van der Waals surface area contributed by atoms with Crippen LogP contribution in [0.15, 0.2) is 54.6 Å². The highest BCUT2D eigenvalue weighted by atomic mass is 32.1. The molecule has 0 aliphatic rings. The fraction of sp³-hybridized carbons (Fsp3) is 0.300. The van der Waals surface area contributed by atoms with Crippen LogP contribution in [0.2, 0.25) is 0 Å². The number of aryl methyl sites for hydroxylation is 2. The Bertz CT molecular complexity index is 896. The van der Waals surface area contributed by atoms with Crippen LogP contribution in [0.4, 0.5) is 0 Å². The van der Waals surface area contributed by atoms with Crippen molar-refractivity contribution in [2.75, 3.05) is 7.05 Å². The van der Waals surface area contributed by atoms with E-state index >= 15 is 0 Å². The molecule has 3 aromatic rings. The lowest BCUT2D eigenvalue weighted by Gasteiger charge is -2.17. The van der Waals surface area contributed by atoms with Gasteiger partial charge in [-0.2, -0.15) is 5.10 Å². The van der Waals surface area contributed by atoms with Gasteiger partial charge in [-0.3, -0.25) is 9.47 Å². The van der Waals surface area contributed by atoms with E-state index in [4.69, 9.17) is 12.2 Å². The van der Waals surface area contributed by atoms with Gasteiger partial charge in [0.1, 0.15) is 5.82 Å². The minimum absolute atomic E-state index is 0.676. The smallest absolute Gasteiger partial charge is 0.199 e. The average molecular weight is 353 g/mol. The third-order valence-corrected chi connectivity index (χ3v) is 4.80. The fourth-order valence-corrected chi connectivity index (χ4v) is 3.24. The molecule has 5 heteroatoms. The Labute approximate surface area is 154 Å². The van der Waals surface area contributed by atoms with Crippen molar-refractivity contribution in [3.8, 4) is 0 Å². The van der Waals surface area contributed by atoms with Crippen molar-refractivity contribution in [1.29, 1.82) is 0 Å². The van der Waals surface area contributed by atoms with Gasteiger partial charge in [-0.25, -0.2) is 4.68 Å². The summed E-state index contributed by atoms with van der Waals surface area (Å²) in [6.45, 7) is 6.46. The number of nitrogens with zero attached hydrogens (tertiary/aromatic N) is 4. The lowest BCUT2D eigenvalue weighted by molar-refractivity contribution is 0.243. The van der Waals surface area contributed by atoms with Crippen molar-refractivity contribution < 1.29 is 0 Å². The van der Waals surface area contributed by atoms with E-state index in [1.807, 2.05) is 17.7 Å². The Morgan fingerprint density at radius 2 is 1.68 bits per heavy atom. The van der Waals surface area contributed by atoms with Gasteiger partial charge in [0.25, 0.3) is 0 Å². The van der Waals surface area contributed by atoms with E-state index in [-0.39, 0.29) is 0 Å². The van der Waals surface area contributed by atoms with Gasteiger partial charge in [0, 0.05) is 6.54 Å². The third-order valence-electron chi connectivity index (χ3n) is 4.37. The first kappa shape index (κ1) is 17.6. The van der Waals surface area contributed by atoms with Crippen LogP contribution in [0.25, 0.3) is 0 Å². The Balaban J connectivity index is 1.74. The predicted molar refractivity (Wildman–Crippen MR) is 104 cm³/mol. The molecule has 3 rings (SSSR count). The molecule has 4 nitrogen and oxygen atoms in total. The monoisotopic (exact) mass is 352 g/mol. The molecular formula is C20H24N4S. The van der Waals surface area contributed by atoms with Crippen LogP contribution in [0, 0.1) is 18.6 Å². The quantitative estimate of drug-likeness (QED) is 0.623. The summed E-state index contributed by atoms with van der Waals surface area (Å²) < 4.78 is 4.76. The summed E-state index contributed by atoms with van der Waals surface area (Å²) in [7, 11) is 2.10. The van der Waals surface area contributed by atoms with Gasteiger partial charge in [0.05, 0.1) is 13.2 Å². The summed E-state index contributed by atoms with van der Waals surface area (Å²) in [5, 5.41) is 4.64. The minimum Gasteiger partial charge on any atom is -0.300 e. The van der Waals surface area contributed by atoms with E-state index in [0.29, 0.717) is 6.67 Å². The average Bonchev–Trinajstić information content (AvgIpc) is 2.85. The summed E-state index contributed by atoms with van der Waals surface area (Å²) in [4.78, 5) is 2.23. The van der Waals surface area contributed by atoms with Crippen LogP contribution >= 0.6 is 12.2 Å². The van der Waals surface area contributed by atoms with Crippen LogP contribution in [0.1, 0.15) is 22.5 Å². The Morgan fingerprint density at radius 3 is 2.40 bits per heavy atom. The zero-order valence-corrected chi connectivity index (χ0v) is 15.8. The summed E-state index contributed by atoms with van der Waals surface area (Å²) in [6.07, 6.45) is 0. The van der Waals surface area contributed by atoms with Gasteiger partial charge >= 0.3 is 0 Å². The predicted octanol–water partition coefficient (Wildman–Crippen LogP) is 4.17. The molecule has 0 saturated heterocycles. The molecule has 0 atom stereocenters. The second-order valence-electron chi connectivity index (χ2n) is 6.48. The second kappa shape index (κ2) is 7.76. The van der Waals surface area contributed by atoms with Gasteiger partial charge in [0.15, 0.2) is 4.77 Å². The third kappa shape index (κ3) is 4.24. The molecule has 1 aromatic heterocycles. The largest absolute Gasteiger partial charge is 0.300 e. The molecule has 1 heterocycles. The lowest BCUT2D eigenvalue weighted by Crippen LogP contribution is -2.23. The van der Waals surface area contributed by atoms with E-state index in [2.05, 4.69) is 77.1 Å². The molecule has 0 fully saturated rings. The van der Waals surface area contributed by atoms with Crippen molar-refractivity contribution in [3.05, 3.63) is 81.9 Å². The van der Waals surface area contributed by atoms with E-state index in [9.17, 15) is 0 Å². The molecule has 130 valence electrons. The number of hydrogen-bond donors (Lipinski definition) is 0. The summed E-state index contributed by atoms with van der Waals surface area (Å²) in [5.41, 5.74) is 3.87. The standard InChI is InChI=1S/C20H24N4S/c1-16-9-7-8-12-19(16)14-22(3)15-24-20(25)23(17(2)21-24)13-18-10-5-4-6-11-18/h4-12H,13-15H2,1-3H3. The molecule has 0 unspecified atom stereocenters. The van der Waals surface area contributed by atoms with Crippen molar-refractivity contribution in [2.24, 2.45) is 0 Å². The van der Waals surface area contributed by atoms with E-state index < -0.39 is 0 Å². The van der Waals surface area contributed by atoms with Crippen molar-refractivity contribution in [3.63, 3.8) is 0 Å². The molecule has 0 N–H and O–H groups in total. The Hall–Kier alpha value is -2.24. The first-order valence-corrected chi connectivity index (χ1v) is 8.86. The van der Waals surface area contributed by atoms with Gasteiger partial charge in [-0.05, 0) is 49.8 Å². The normalized spacial score (nSPS) is 11.2. The zero-order valence-electron chi connectivity index (χ0n) is 15.0. The van der Waals surface area contributed by atoms with Crippen LogP contribution in [-0.4, -0.2) is 26.3 Å². The number of benzene rings is 2. The molecule has 0 bridgehead atoms. The lowest BCUT2D eigenvalue weighted by atomic mass is 10.1. The second-order valence-corrected chi connectivity index (χ2v) is 6.85. The maximum atomic E-state index is 5.66. The molecule has 0 radical (unpaired) electrons. The van der Waals surface area contributed by atoms with Gasteiger partial charge < -0.3 is 0 Å². The molecule has 2 aromatic carbocycles. The Morgan fingerprint density at radius 1 is 1.00 bits per heavy atom. The topological polar surface area (TPSA) is 26.0 Å². The van der Waals surface area contributed by atoms with Crippen molar-refractivity contribution in [2.45, 2.75) is 33.6 Å². The van der Waals surface area contributed by atoms with Crippen molar-refractivity contribution in [1.82, 2.24) is 19.2 Å². The maximum Gasteiger partial charge on any atom is 0.199 e. The highest BCUT2D eigenvalue weighted by Crippen LogP contribution is 2.11. The SMILES string of the molecule is Cc1ccccc1CN(C)Cn1nc(C)n(Cc2ccccc2)c1=S. The van der Waals surface area contributed by atoms with E-state index in [0.717, 1.165) is 23.7 Å². The van der Waals surface area contributed by atoms with Gasteiger partial charge in [-0.1, -0.05) is 54.6 Å². The highest BCUT2D eigenvalue weighted by molar-refractivity contribution is 7.71. The zero-order chi connectivity index (χ0) is 17.8. The number of rotatable bonds is 6. The summed E-state index contributed by atoms with van der Waals surface area (Å²) >= 11 is 5.66. The molecule has 0 amide bonds. The van der Waals surface area contributed by atoms with Gasteiger partial charge in [-0.15, -0.1) is 0 Å². The highest BCUT2D eigenvalue weighted by Gasteiger charge is 2.10. The summed E-state index contributed by atoms with van der Waals surface area (Å²) in [6, 6.07) is 18.8. The van der Waals surface area contributed by atoms with Crippen molar-refractivity contribution >= 4 is 12.2 Å². The molecule has 0 aliphatic carbocycles. The fourth-order valence-electron chi connectivity index (χ4n) is 2.95. The maximum absolute atomic E-state index is 5.66. The Kier molecular flexibility index (Phi) is 5.46. The van der Waals surface area contributed by atoms with E-state index in [1.54, 1.807) is 0 Å². The van der Waals surface area contributed by atoms with Crippen LogP contribution in [-0.2, 0) is 19.8 Å². The first-order valence-electron chi connectivity index (χ1n) is 8.46. The number of aromatic nitrogens is 3. The van der Waals surface area contributed by atoms with Crippen LogP contribution in [0.5, 0.6) is 0 Å².